The van der Waals surface area contributed by atoms with Gasteiger partial charge in [0.15, 0.2) is 0 Å². The maximum absolute atomic E-state index is 3.78. The van der Waals surface area contributed by atoms with Crippen molar-refractivity contribution in [3.05, 3.63) is 0 Å². The average molecular weight is 238 g/mol. The largest absolute Gasteiger partial charge is 0.312 e. The molecule has 0 bridgehead atoms. The van der Waals surface area contributed by atoms with Gasteiger partial charge in [-0.25, -0.2) is 0 Å². The highest BCUT2D eigenvalue weighted by atomic mass is 15.2. The van der Waals surface area contributed by atoms with Gasteiger partial charge in [-0.3, -0.25) is 4.90 Å². The molecule has 2 heteroatoms. The second-order valence-electron chi connectivity index (χ2n) is 6.98. The zero-order chi connectivity index (χ0) is 12.3. The van der Waals surface area contributed by atoms with E-state index in [0.29, 0.717) is 11.5 Å². The molecule has 0 aromatic carbocycles. The van der Waals surface area contributed by atoms with E-state index in [1.54, 1.807) is 0 Å². The fourth-order valence-corrected chi connectivity index (χ4v) is 3.30. The van der Waals surface area contributed by atoms with Gasteiger partial charge < -0.3 is 5.32 Å². The van der Waals surface area contributed by atoms with E-state index in [1.807, 2.05) is 0 Å². The standard InChI is InChI=1S/C15H30N2/c1-13(17-10-9-15(2,3)12-17)11-16-14-7-5-4-6-8-14/h13-14,16H,4-12H2,1-3H3. The Kier molecular flexibility index (Phi) is 4.48. The molecular weight excluding hydrogens is 208 g/mol. The highest BCUT2D eigenvalue weighted by molar-refractivity contribution is 4.86. The van der Waals surface area contributed by atoms with Gasteiger partial charge in [0.1, 0.15) is 0 Å². The molecule has 1 aliphatic carbocycles. The molecule has 1 heterocycles. The van der Waals surface area contributed by atoms with Crippen LogP contribution in [0.4, 0.5) is 0 Å². The van der Waals surface area contributed by atoms with Gasteiger partial charge in [0.2, 0.25) is 0 Å². The normalized spacial score (nSPS) is 28.4. The zero-order valence-electron chi connectivity index (χ0n) is 12.0. The first kappa shape index (κ1) is 13.4. The van der Waals surface area contributed by atoms with Crippen molar-refractivity contribution in [2.24, 2.45) is 5.41 Å². The summed E-state index contributed by atoms with van der Waals surface area (Å²) in [6.07, 6.45) is 8.48. The lowest BCUT2D eigenvalue weighted by atomic mass is 9.93. The van der Waals surface area contributed by atoms with Crippen molar-refractivity contribution in [3.63, 3.8) is 0 Å². The van der Waals surface area contributed by atoms with Crippen LogP contribution in [0.3, 0.4) is 0 Å². The highest BCUT2D eigenvalue weighted by Crippen LogP contribution is 2.29. The van der Waals surface area contributed by atoms with Crippen LogP contribution in [0, 0.1) is 5.41 Å². The zero-order valence-corrected chi connectivity index (χ0v) is 12.0. The SMILES string of the molecule is CC(CNC1CCCCC1)N1CCC(C)(C)C1. The van der Waals surface area contributed by atoms with Gasteiger partial charge in [-0.05, 0) is 38.1 Å². The smallest absolute Gasteiger partial charge is 0.0192 e. The summed E-state index contributed by atoms with van der Waals surface area (Å²) in [4.78, 5) is 2.66. The Labute approximate surface area is 107 Å². The van der Waals surface area contributed by atoms with Crippen LogP contribution >= 0.6 is 0 Å². The molecule has 2 fully saturated rings. The first-order valence-electron chi connectivity index (χ1n) is 7.54. The third-order valence-electron chi connectivity index (χ3n) is 4.64. The van der Waals surface area contributed by atoms with Crippen LogP contribution in [0.2, 0.25) is 0 Å². The van der Waals surface area contributed by atoms with Crippen LogP contribution in [0.25, 0.3) is 0 Å². The van der Waals surface area contributed by atoms with Gasteiger partial charge in [0, 0.05) is 25.2 Å². The van der Waals surface area contributed by atoms with E-state index in [0.717, 1.165) is 6.04 Å². The van der Waals surface area contributed by atoms with Gasteiger partial charge in [0.25, 0.3) is 0 Å². The summed E-state index contributed by atoms with van der Waals surface area (Å²) in [5, 5.41) is 3.78. The van der Waals surface area contributed by atoms with Crippen molar-refractivity contribution >= 4 is 0 Å². The Morgan fingerprint density at radius 1 is 1.24 bits per heavy atom. The van der Waals surface area contributed by atoms with Crippen molar-refractivity contribution in [3.8, 4) is 0 Å². The molecule has 100 valence electrons. The molecule has 1 N–H and O–H groups in total. The first-order chi connectivity index (χ1) is 8.07. The van der Waals surface area contributed by atoms with Crippen LogP contribution in [-0.2, 0) is 0 Å². The van der Waals surface area contributed by atoms with Crippen LogP contribution in [0.15, 0.2) is 0 Å². The lowest BCUT2D eigenvalue weighted by Gasteiger charge is -2.29. The Hall–Kier alpha value is -0.0800. The molecule has 0 spiro atoms. The summed E-state index contributed by atoms with van der Waals surface area (Å²) in [6.45, 7) is 10.9. The molecule has 1 aliphatic heterocycles. The van der Waals surface area contributed by atoms with Gasteiger partial charge in [-0.2, -0.15) is 0 Å². The van der Waals surface area contributed by atoms with E-state index in [9.17, 15) is 0 Å². The lowest BCUT2D eigenvalue weighted by Crippen LogP contribution is -2.43. The molecule has 2 nitrogen and oxygen atoms in total. The Morgan fingerprint density at radius 2 is 1.94 bits per heavy atom. The molecule has 0 radical (unpaired) electrons. The molecule has 2 aliphatic rings. The van der Waals surface area contributed by atoms with Gasteiger partial charge in [0.05, 0.1) is 0 Å². The quantitative estimate of drug-likeness (QED) is 0.810. The predicted octanol–water partition coefficient (Wildman–Crippen LogP) is 3.03. The van der Waals surface area contributed by atoms with Crippen LogP contribution < -0.4 is 5.32 Å². The van der Waals surface area contributed by atoms with Gasteiger partial charge >= 0.3 is 0 Å². The molecule has 0 aromatic rings. The topological polar surface area (TPSA) is 15.3 Å². The fraction of sp³-hybridized carbons (Fsp3) is 1.00. The number of likely N-dealkylation sites (tertiary alicyclic amines) is 1. The fourth-order valence-electron chi connectivity index (χ4n) is 3.30. The van der Waals surface area contributed by atoms with Crippen molar-refractivity contribution in [1.29, 1.82) is 0 Å². The minimum absolute atomic E-state index is 0.541. The minimum Gasteiger partial charge on any atom is -0.312 e. The lowest BCUT2D eigenvalue weighted by molar-refractivity contribution is 0.215. The summed E-state index contributed by atoms with van der Waals surface area (Å²) >= 11 is 0. The summed E-state index contributed by atoms with van der Waals surface area (Å²) in [5.74, 6) is 0. The van der Waals surface area contributed by atoms with Crippen molar-refractivity contribution in [2.45, 2.75) is 71.4 Å². The van der Waals surface area contributed by atoms with E-state index in [2.05, 4.69) is 31.0 Å². The number of nitrogens with zero attached hydrogens (tertiary/aromatic N) is 1. The summed E-state index contributed by atoms with van der Waals surface area (Å²) in [7, 11) is 0. The predicted molar refractivity (Wildman–Crippen MR) is 74.3 cm³/mol. The molecule has 0 amide bonds. The monoisotopic (exact) mass is 238 g/mol. The summed E-state index contributed by atoms with van der Waals surface area (Å²) in [5.41, 5.74) is 0.541. The van der Waals surface area contributed by atoms with Crippen molar-refractivity contribution in [1.82, 2.24) is 10.2 Å². The molecule has 17 heavy (non-hydrogen) atoms. The number of hydrogen-bond acceptors (Lipinski definition) is 2. The molecule has 2 rings (SSSR count). The molecule has 1 saturated heterocycles. The number of hydrogen-bond donors (Lipinski definition) is 1. The van der Waals surface area contributed by atoms with E-state index in [4.69, 9.17) is 0 Å². The average Bonchev–Trinajstić information content (AvgIpc) is 2.68. The maximum Gasteiger partial charge on any atom is 0.0192 e. The minimum atomic E-state index is 0.541. The Balaban J connectivity index is 1.68. The van der Waals surface area contributed by atoms with Crippen molar-refractivity contribution < 1.29 is 0 Å². The van der Waals surface area contributed by atoms with E-state index in [-0.39, 0.29) is 0 Å². The van der Waals surface area contributed by atoms with Gasteiger partial charge in [-0.15, -0.1) is 0 Å². The van der Waals surface area contributed by atoms with E-state index >= 15 is 0 Å². The van der Waals surface area contributed by atoms with E-state index < -0.39 is 0 Å². The first-order valence-corrected chi connectivity index (χ1v) is 7.54. The number of nitrogens with one attached hydrogen (secondary N) is 1. The van der Waals surface area contributed by atoms with Crippen LogP contribution in [-0.4, -0.2) is 36.6 Å². The van der Waals surface area contributed by atoms with Crippen LogP contribution in [0.1, 0.15) is 59.3 Å². The second-order valence-corrected chi connectivity index (χ2v) is 6.98. The van der Waals surface area contributed by atoms with E-state index in [1.165, 1.54) is 58.2 Å². The van der Waals surface area contributed by atoms with Crippen molar-refractivity contribution in [2.75, 3.05) is 19.6 Å². The number of rotatable bonds is 4. The third kappa shape index (κ3) is 3.96. The molecule has 0 aromatic heterocycles. The molecule has 1 saturated carbocycles. The Bertz CT molecular complexity index is 231. The molecule has 1 atom stereocenters. The summed E-state index contributed by atoms with van der Waals surface area (Å²) < 4.78 is 0. The Morgan fingerprint density at radius 3 is 2.53 bits per heavy atom. The maximum atomic E-state index is 3.78. The molecule has 1 unspecified atom stereocenters. The van der Waals surface area contributed by atoms with Gasteiger partial charge in [-0.1, -0.05) is 33.1 Å². The highest BCUT2D eigenvalue weighted by Gasteiger charge is 2.31. The molecular formula is C15H30N2. The van der Waals surface area contributed by atoms with Crippen LogP contribution in [0.5, 0.6) is 0 Å². The second kappa shape index (κ2) is 5.71. The summed E-state index contributed by atoms with van der Waals surface area (Å²) in [6, 6.07) is 1.51. The third-order valence-corrected chi connectivity index (χ3v) is 4.64.